The van der Waals surface area contributed by atoms with Gasteiger partial charge in [0.15, 0.2) is 31.4 Å². The van der Waals surface area contributed by atoms with Crippen LogP contribution in [0.25, 0.3) is 0 Å². The Morgan fingerprint density at radius 2 is 2.10 bits per heavy atom. The molecule has 2 fully saturated rings. The van der Waals surface area contributed by atoms with Gasteiger partial charge in [-0.2, -0.15) is 0 Å². The van der Waals surface area contributed by atoms with E-state index in [0.29, 0.717) is 5.01 Å². The average Bonchev–Trinajstić information content (AvgIpc) is 3.54. The second kappa shape index (κ2) is 6.73. The van der Waals surface area contributed by atoms with Crippen LogP contribution in [0, 0.1) is 18.3 Å². The van der Waals surface area contributed by atoms with Crippen molar-refractivity contribution in [3.8, 4) is 0 Å². The molecule has 0 aliphatic heterocycles. The van der Waals surface area contributed by atoms with Crippen LogP contribution in [0.15, 0.2) is 10.3 Å². The summed E-state index contributed by atoms with van der Waals surface area (Å²) in [6.07, 6.45) is 3.89. The molecule has 29 heavy (non-hydrogen) atoms. The number of hydrogen-bond acceptors (Lipinski definition) is 9. The smallest absolute Gasteiger partial charge is 0.273 e. The molecular weight excluding hydrogens is 416 g/mol. The highest BCUT2D eigenvalue weighted by molar-refractivity contribution is 7.93. The van der Waals surface area contributed by atoms with Gasteiger partial charge in [0.1, 0.15) is 0 Å². The fraction of sp³-hybridized carbons (Fsp3) is 0.471. The van der Waals surface area contributed by atoms with Crippen LogP contribution in [0.3, 0.4) is 0 Å². The number of amides is 2. The molecule has 3 N–H and O–H groups in total. The number of aromatic nitrogens is 3. The van der Waals surface area contributed by atoms with Crippen LogP contribution in [0.1, 0.15) is 38.9 Å². The Morgan fingerprint density at radius 3 is 2.72 bits per heavy atom. The maximum Gasteiger partial charge on any atom is 0.273 e. The Balaban J connectivity index is 1.66. The minimum absolute atomic E-state index is 0.0395. The van der Waals surface area contributed by atoms with Crippen LogP contribution < -0.4 is 16.0 Å². The fourth-order valence-corrected chi connectivity index (χ4v) is 5.30. The summed E-state index contributed by atoms with van der Waals surface area (Å²) in [6.45, 7) is -1.16. The first-order valence-electron chi connectivity index (χ1n) is 10.2. The van der Waals surface area contributed by atoms with Crippen LogP contribution in [0.2, 0.25) is 0 Å². The third-order valence-electron chi connectivity index (χ3n) is 5.07. The van der Waals surface area contributed by atoms with Gasteiger partial charge in [-0.05, 0) is 31.6 Å². The quantitative estimate of drug-likeness (QED) is 0.614. The second-order valence-electron chi connectivity index (χ2n) is 7.32. The highest BCUT2D eigenvalue weighted by Crippen LogP contribution is 2.70. The summed E-state index contributed by atoms with van der Waals surface area (Å²) in [5.74, 6) is -1.34. The summed E-state index contributed by atoms with van der Waals surface area (Å²) in [6, 6.07) is 1.29. The van der Waals surface area contributed by atoms with Gasteiger partial charge in [0.05, 0.1) is 10.7 Å². The van der Waals surface area contributed by atoms with E-state index in [9.17, 15) is 18.0 Å². The SMILES string of the molecule is [2H]C([2H])([2H])NC(=O)c1nnc(NC(=O)[C@H]2CC23CC3)cc1Nc1nc(C)sc1S(C)(=O)=O. The average molecular weight is 440 g/mol. The van der Waals surface area contributed by atoms with E-state index in [1.165, 1.54) is 6.07 Å². The molecule has 0 saturated heterocycles. The van der Waals surface area contributed by atoms with Crippen molar-refractivity contribution in [3.05, 3.63) is 16.8 Å². The molecule has 0 radical (unpaired) electrons. The first-order valence-corrected chi connectivity index (χ1v) is 11.4. The molecule has 1 spiro atoms. The molecule has 4 rings (SSSR count). The fourth-order valence-electron chi connectivity index (χ4n) is 3.29. The first-order chi connectivity index (χ1) is 14.8. The van der Waals surface area contributed by atoms with E-state index >= 15 is 0 Å². The van der Waals surface area contributed by atoms with Gasteiger partial charge in [0, 0.05) is 29.3 Å². The Labute approximate surface area is 175 Å². The molecule has 0 aromatic carbocycles. The summed E-state index contributed by atoms with van der Waals surface area (Å²) in [4.78, 5) is 29.1. The van der Waals surface area contributed by atoms with E-state index in [1.807, 2.05) is 5.32 Å². The molecule has 0 bridgehead atoms. The lowest BCUT2D eigenvalue weighted by molar-refractivity contribution is -0.117. The summed E-state index contributed by atoms with van der Waals surface area (Å²) < 4.78 is 45.9. The number of rotatable bonds is 6. The molecule has 2 aliphatic carbocycles. The van der Waals surface area contributed by atoms with Gasteiger partial charge in [0.25, 0.3) is 5.91 Å². The monoisotopic (exact) mass is 439 g/mol. The van der Waals surface area contributed by atoms with E-state index in [0.717, 1.165) is 36.9 Å². The van der Waals surface area contributed by atoms with Crippen molar-refractivity contribution in [2.24, 2.45) is 11.3 Å². The minimum Gasteiger partial charge on any atom is -0.354 e. The Kier molecular flexibility index (Phi) is 3.77. The maximum absolute atomic E-state index is 12.5. The predicted octanol–water partition coefficient (Wildman–Crippen LogP) is 1.49. The van der Waals surface area contributed by atoms with Gasteiger partial charge < -0.3 is 16.0 Å². The van der Waals surface area contributed by atoms with Crippen LogP contribution in [-0.2, 0) is 14.6 Å². The van der Waals surface area contributed by atoms with E-state index in [1.54, 1.807) is 6.92 Å². The first kappa shape index (κ1) is 16.2. The highest BCUT2D eigenvalue weighted by Gasteiger charge is 2.65. The molecule has 1 atom stereocenters. The Morgan fingerprint density at radius 1 is 1.34 bits per heavy atom. The third kappa shape index (κ3) is 3.81. The predicted molar refractivity (Wildman–Crippen MR) is 107 cm³/mol. The molecule has 2 heterocycles. The van der Waals surface area contributed by atoms with Crippen molar-refractivity contribution in [1.82, 2.24) is 20.5 Å². The normalized spacial score (nSPS) is 20.9. The van der Waals surface area contributed by atoms with Crippen molar-refractivity contribution in [1.29, 1.82) is 0 Å². The molecular formula is C17H20N6O4S2. The number of carbonyl (C=O) groups excluding carboxylic acids is 2. The van der Waals surface area contributed by atoms with Gasteiger partial charge in [-0.1, -0.05) is 0 Å². The van der Waals surface area contributed by atoms with Crippen molar-refractivity contribution in [3.63, 3.8) is 0 Å². The van der Waals surface area contributed by atoms with E-state index in [4.69, 9.17) is 4.11 Å². The Bertz CT molecular complexity index is 1220. The summed E-state index contributed by atoms with van der Waals surface area (Å²) in [5.41, 5.74) is -0.320. The number of thiazole rings is 1. The third-order valence-corrected chi connectivity index (χ3v) is 7.86. The minimum atomic E-state index is -3.64. The zero-order valence-corrected chi connectivity index (χ0v) is 17.2. The summed E-state index contributed by atoms with van der Waals surface area (Å²) in [5, 5.41) is 15.3. The Hall–Kier alpha value is -2.60. The number of hydrogen-bond donors (Lipinski definition) is 3. The van der Waals surface area contributed by atoms with Gasteiger partial charge in [-0.15, -0.1) is 21.5 Å². The van der Waals surface area contributed by atoms with E-state index in [2.05, 4.69) is 25.8 Å². The number of sulfone groups is 1. The van der Waals surface area contributed by atoms with Crippen molar-refractivity contribution in [2.45, 2.75) is 30.4 Å². The lowest BCUT2D eigenvalue weighted by Gasteiger charge is -2.11. The van der Waals surface area contributed by atoms with Gasteiger partial charge >= 0.3 is 0 Å². The van der Waals surface area contributed by atoms with Crippen LogP contribution >= 0.6 is 11.3 Å². The summed E-state index contributed by atoms with van der Waals surface area (Å²) in [7, 11) is -3.64. The number of nitrogens with one attached hydrogen (secondary N) is 3. The number of aryl methyl sites for hydroxylation is 1. The molecule has 10 nitrogen and oxygen atoms in total. The van der Waals surface area contributed by atoms with E-state index in [-0.39, 0.29) is 38.8 Å². The number of nitrogens with zero attached hydrogens (tertiary/aromatic N) is 3. The van der Waals surface area contributed by atoms with Gasteiger partial charge in [-0.25, -0.2) is 13.4 Å². The number of anilines is 3. The van der Waals surface area contributed by atoms with Gasteiger partial charge in [0.2, 0.25) is 5.91 Å². The van der Waals surface area contributed by atoms with E-state index < -0.39 is 28.4 Å². The molecule has 2 aromatic rings. The molecule has 0 unspecified atom stereocenters. The molecule has 2 amide bonds. The lowest BCUT2D eigenvalue weighted by atomic mass is 10.2. The largest absolute Gasteiger partial charge is 0.354 e. The van der Waals surface area contributed by atoms with Crippen LogP contribution in [0.4, 0.5) is 17.3 Å². The summed E-state index contributed by atoms with van der Waals surface area (Å²) >= 11 is 0.941. The molecule has 154 valence electrons. The molecule has 2 saturated carbocycles. The van der Waals surface area contributed by atoms with Crippen molar-refractivity contribution in [2.75, 3.05) is 23.9 Å². The standard InChI is InChI=1S/C17H20N6O4S2/c1-8-19-13(16(28-8)29(3,26)27)20-10-6-11(22-23-12(10)15(25)18-2)21-14(24)9-7-17(9)4-5-17/h6,9H,4-5,7H2,1-3H3,(H,18,25)(H2,20,21,22,24)/t9-/m1/s1/i2D3. The highest BCUT2D eigenvalue weighted by atomic mass is 32.2. The topological polar surface area (TPSA) is 143 Å². The molecule has 2 aliphatic rings. The second-order valence-corrected chi connectivity index (χ2v) is 10.7. The van der Waals surface area contributed by atoms with Crippen molar-refractivity contribution < 1.29 is 22.1 Å². The maximum atomic E-state index is 12.5. The zero-order valence-electron chi connectivity index (χ0n) is 18.6. The lowest BCUT2D eigenvalue weighted by Crippen LogP contribution is -2.23. The molecule has 12 heteroatoms. The number of carbonyl (C=O) groups is 2. The van der Waals surface area contributed by atoms with Gasteiger partial charge in [-0.3, -0.25) is 9.59 Å². The molecule has 2 aromatic heterocycles. The zero-order chi connectivity index (χ0) is 23.5. The van der Waals surface area contributed by atoms with Crippen LogP contribution in [0.5, 0.6) is 0 Å². The van der Waals surface area contributed by atoms with Crippen LogP contribution in [-0.4, -0.2) is 48.6 Å². The van der Waals surface area contributed by atoms with Crippen molar-refractivity contribution >= 4 is 50.3 Å².